The first kappa shape index (κ1) is 12.3. The molecule has 0 N–H and O–H groups in total. The van der Waals surface area contributed by atoms with Gasteiger partial charge in [-0.25, -0.2) is 0 Å². The van der Waals surface area contributed by atoms with Gasteiger partial charge in [0.1, 0.15) is 0 Å². The largest absolute Gasteiger partial charge is 0.395 e. The number of halogens is 3. The second-order valence-corrected chi connectivity index (χ2v) is 3.52. The van der Waals surface area contributed by atoms with Crippen LogP contribution in [0.5, 0.6) is 0 Å². The van der Waals surface area contributed by atoms with Crippen molar-refractivity contribution in [3.8, 4) is 0 Å². The summed E-state index contributed by atoms with van der Waals surface area (Å²) in [4.78, 5) is 0. The molecule has 0 saturated heterocycles. The van der Waals surface area contributed by atoms with Crippen LogP contribution >= 0.6 is 0 Å². The van der Waals surface area contributed by atoms with Crippen molar-refractivity contribution in [3.63, 3.8) is 0 Å². The van der Waals surface area contributed by atoms with Gasteiger partial charge < -0.3 is 0 Å². The van der Waals surface area contributed by atoms with Crippen LogP contribution in [-0.4, -0.2) is 6.18 Å². The molecule has 1 atom stereocenters. The van der Waals surface area contributed by atoms with Crippen LogP contribution in [-0.2, 0) is 0 Å². The Balaban J connectivity index is 4.55. The highest BCUT2D eigenvalue weighted by atomic mass is 19.4. The van der Waals surface area contributed by atoms with Crippen LogP contribution in [0, 0.1) is 11.8 Å². The van der Waals surface area contributed by atoms with E-state index in [1.165, 1.54) is 12.2 Å². The fourth-order valence-corrected chi connectivity index (χ4v) is 0.977. The van der Waals surface area contributed by atoms with Crippen molar-refractivity contribution in [2.75, 3.05) is 0 Å². The van der Waals surface area contributed by atoms with Gasteiger partial charge in [0, 0.05) is 0 Å². The highest BCUT2D eigenvalue weighted by molar-refractivity contribution is 5.13. The summed E-state index contributed by atoms with van der Waals surface area (Å²) in [5, 5.41) is 0. The zero-order valence-corrected chi connectivity index (χ0v) is 8.15. The maximum atomic E-state index is 12.3. The van der Waals surface area contributed by atoms with Gasteiger partial charge in [0.2, 0.25) is 0 Å². The maximum absolute atomic E-state index is 12.3. The van der Waals surface area contributed by atoms with Gasteiger partial charge >= 0.3 is 6.18 Å². The summed E-state index contributed by atoms with van der Waals surface area (Å²) in [5.74, 6) is -1.81. The SMILES string of the molecule is C=C(C)/C=C\C(C(C)C)C(F)(F)F. The molecule has 0 aromatic heterocycles. The fraction of sp³-hybridized carbons (Fsp3) is 0.600. The van der Waals surface area contributed by atoms with Crippen LogP contribution in [0.4, 0.5) is 13.2 Å². The smallest absolute Gasteiger partial charge is 0.170 e. The van der Waals surface area contributed by atoms with Gasteiger partial charge in [0.25, 0.3) is 0 Å². The second-order valence-electron chi connectivity index (χ2n) is 3.52. The third kappa shape index (κ3) is 4.76. The first-order valence-corrected chi connectivity index (χ1v) is 4.15. The Morgan fingerprint density at radius 3 is 2.00 bits per heavy atom. The van der Waals surface area contributed by atoms with Gasteiger partial charge in [-0.1, -0.05) is 38.2 Å². The molecule has 76 valence electrons. The van der Waals surface area contributed by atoms with E-state index in [9.17, 15) is 13.2 Å². The Hall–Kier alpha value is -0.730. The van der Waals surface area contributed by atoms with Crippen LogP contribution in [0.2, 0.25) is 0 Å². The number of allylic oxidation sites excluding steroid dienone is 3. The molecule has 0 aliphatic heterocycles. The van der Waals surface area contributed by atoms with E-state index in [1.807, 2.05) is 0 Å². The monoisotopic (exact) mass is 192 g/mol. The minimum absolute atomic E-state index is 0.435. The molecule has 0 nitrogen and oxygen atoms in total. The van der Waals surface area contributed by atoms with E-state index < -0.39 is 18.0 Å². The van der Waals surface area contributed by atoms with Gasteiger partial charge in [-0.05, 0) is 12.8 Å². The molecule has 0 rings (SSSR count). The standard InChI is InChI=1S/C10H15F3/c1-7(2)5-6-9(8(3)4)10(11,12)13/h5-6,8-9H,1H2,2-4H3/b6-5-. The normalized spacial score (nSPS) is 15.3. The van der Waals surface area contributed by atoms with E-state index in [0.29, 0.717) is 5.57 Å². The molecular weight excluding hydrogens is 177 g/mol. The van der Waals surface area contributed by atoms with Crippen LogP contribution in [0.1, 0.15) is 20.8 Å². The fourth-order valence-electron chi connectivity index (χ4n) is 0.977. The molecule has 0 bridgehead atoms. The lowest BCUT2D eigenvalue weighted by Gasteiger charge is -2.20. The lowest BCUT2D eigenvalue weighted by molar-refractivity contribution is -0.171. The van der Waals surface area contributed by atoms with Crippen molar-refractivity contribution in [2.45, 2.75) is 26.9 Å². The average molecular weight is 192 g/mol. The summed E-state index contributed by atoms with van der Waals surface area (Å²) in [6.45, 7) is 8.30. The zero-order valence-electron chi connectivity index (χ0n) is 8.15. The van der Waals surface area contributed by atoms with Gasteiger partial charge in [-0.3, -0.25) is 0 Å². The van der Waals surface area contributed by atoms with Crippen LogP contribution < -0.4 is 0 Å². The van der Waals surface area contributed by atoms with Crippen molar-refractivity contribution in [1.82, 2.24) is 0 Å². The summed E-state index contributed by atoms with van der Waals surface area (Å²) in [5.41, 5.74) is 0.634. The highest BCUT2D eigenvalue weighted by Crippen LogP contribution is 2.33. The maximum Gasteiger partial charge on any atom is 0.395 e. The molecule has 0 heterocycles. The number of hydrogen-bond donors (Lipinski definition) is 0. The minimum Gasteiger partial charge on any atom is -0.170 e. The topological polar surface area (TPSA) is 0 Å². The molecule has 13 heavy (non-hydrogen) atoms. The van der Waals surface area contributed by atoms with Crippen LogP contribution in [0.15, 0.2) is 24.3 Å². The summed E-state index contributed by atoms with van der Waals surface area (Å²) in [6, 6.07) is 0. The lowest BCUT2D eigenvalue weighted by Crippen LogP contribution is -2.25. The highest BCUT2D eigenvalue weighted by Gasteiger charge is 2.39. The van der Waals surface area contributed by atoms with Crippen molar-refractivity contribution < 1.29 is 13.2 Å². The van der Waals surface area contributed by atoms with E-state index >= 15 is 0 Å². The summed E-state index contributed by atoms with van der Waals surface area (Å²) < 4.78 is 37.0. The molecule has 0 saturated carbocycles. The molecule has 0 radical (unpaired) electrons. The number of hydrogen-bond acceptors (Lipinski definition) is 0. The minimum atomic E-state index is -4.15. The molecule has 0 aliphatic rings. The Morgan fingerprint density at radius 1 is 1.31 bits per heavy atom. The second kappa shape index (κ2) is 4.49. The molecule has 1 unspecified atom stereocenters. The predicted molar refractivity (Wildman–Crippen MR) is 48.3 cm³/mol. The molecule has 0 amide bonds. The van der Waals surface area contributed by atoms with Gasteiger partial charge in [-0.2, -0.15) is 13.2 Å². The Bertz CT molecular complexity index is 199. The first-order valence-electron chi connectivity index (χ1n) is 4.15. The molecule has 0 aromatic rings. The van der Waals surface area contributed by atoms with Crippen molar-refractivity contribution in [1.29, 1.82) is 0 Å². The van der Waals surface area contributed by atoms with Gasteiger partial charge in [-0.15, -0.1) is 0 Å². The molecule has 0 spiro atoms. The van der Waals surface area contributed by atoms with Crippen LogP contribution in [0.25, 0.3) is 0 Å². The molecule has 0 fully saturated rings. The van der Waals surface area contributed by atoms with Gasteiger partial charge in [0.05, 0.1) is 5.92 Å². The average Bonchev–Trinajstić information content (AvgIpc) is 1.81. The predicted octanol–water partition coefficient (Wildman–Crippen LogP) is 3.95. The van der Waals surface area contributed by atoms with Crippen molar-refractivity contribution in [2.24, 2.45) is 11.8 Å². The Kier molecular flexibility index (Phi) is 4.24. The van der Waals surface area contributed by atoms with Gasteiger partial charge in [0.15, 0.2) is 0 Å². The molecular formula is C10H15F3. The van der Waals surface area contributed by atoms with Crippen molar-refractivity contribution in [3.05, 3.63) is 24.3 Å². The third-order valence-electron chi connectivity index (χ3n) is 1.68. The third-order valence-corrected chi connectivity index (χ3v) is 1.68. The number of rotatable bonds is 3. The molecule has 0 aromatic carbocycles. The van der Waals surface area contributed by atoms with E-state index in [-0.39, 0.29) is 0 Å². The Labute approximate surface area is 77.1 Å². The lowest BCUT2D eigenvalue weighted by atomic mass is 9.94. The van der Waals surface area contributed by atoms with E-state index in [1.54, 1.807) is 20.8 Å². The quantitative estimate of drug-likeness (QED) is 0.594. The summed E-state index contributed by atoms with van der Waals surface area (Å²) >= 11 is 0. The Morgan fingerprint density at radius 2 is 1.77 bits per heavy atom. The van der Waals surface area contributed by atoms with E-state index in [0.717, 1.165) is 0 Å². The van der Waals surface area contributed by atoms with E-state index in [2.05, 4.69) is 6.58 Å². The summed E-state index contributed by atoms with van der Waals surface area (Å²) in [6.07, 6.45) is -1.56. The number of alkyl halides is 3. The van der Waals surface area contributed by atoms with Crippen molar-refractivity contribution >= 4 is 0 Å². The first-order chi connectivity index (χ1) is 5.75. The molecule has 0 aliphatic carbocycles. The summed E-state index contributed by atoms with van der Waals surface area (Å²) in [7, 11) is 0. The zero-order chi connectivity index (χ0) is 10.6. The van der Waals surface area contributed by atoms with Crippen LogP contribution in [0.3, 0.4) is 0 Å². The van der Waals surface area contributed by atoms with E-state index in [4.69, 9.17) is 0 Å². The molecule has 3 heteroatoms.